The number of esters is 1. The third-order valence-corrected chi connectivity index (χ3v) is 2.66. The highest BCUT2D eigenvalue weighted by Gasteiger charge is 2.24. The van der Waals surface area contributed by atoms with Crippen LogP contribution in [-0.4, -0.2) is 48.9 Å². The number of para-hydroxylation sites is 1. The van der Waals surface area contributed by atoms with E-state index in [-0.39, 0.29) is 0 Å². The lowest BCUT2D eigenvalue weighted by atomic mass is 10.2. The Kier molecular flexibility index (Phi) is 6.84. The summed E-state index contributed by atoms with van der Waals surface area (Å²) in [6, 6.07) is 6.08. The van der Waals surface area contributed by atoms with Gasteiger partial charge in [-0.05, 0) is 19.1 Å². The Balaban J connectivity index is 2.55. The fraction of sp³-hybridized carbons (Fsp3) is 0.357. The summed E-state index contributed by atoms with van der Waals surface area (Å²) in [4.78, 5) is 34.7. The van der Waals surface area contributed by atoms with Gasteiger partial charge in [0.15, 0.2) is 0 Å². The molecule has 0 radical (unpaired) electrons. The van der Waals surface area contributed by atoms with Crippen LogP contribution in [0.3, 0.4) is 0 Å². The predicted octanol–water partition coefficient (Wildman–Crippen LogP) is -0.186. The summed E-state index contributed by atoms with van der Waals surface area (Å²) in [5.41, 5.74) is 0. The van der Waals surface area contributed by atoms with Gasteiger partial charge in [-0.3, -0.25) is 4.79 Å². The molecular weight excluding hydrogens is 292 g/mol. The fourth-order valence-electron chi connectivity index (χ4n) is 1.51. The first kappa shape index (κ1) is 17.4. The molecule has 8 heteroatoms. The molecule has 0 aliphatic carbocycles. The van der Waals surface area contributed by atoms with Gasteiger partial charge in [0.2, 0.25) is 5.91 Å². The van der Waals surface area contributed by atoms with Gasteiger partial charge in [-0.2, -0.15) is 0 Å². The van der Waals surface area contributed by atoms with Gasteiger partial charge in [0.05, 0.1) is 13.7 Å². The molecule has 0 heterocycles. The maximum Gasteiger partial charge on any atom is 0.413 e. The zero-order valence-corrected chi connectivity index (χ0v) is 12.2. The number of ether oxygens (including phenoxy) is 2. The predicted molar refractivity (Wildman–Crippen MR) is 76.1 cm³/mol. The molecule has 3 N–H and O–H groups in total. The minimum atomic E-state index is -1.25. The highest BCUT2D eigenvalue weighted by molar-refractivity contribution is 5.89. The molecule has 1 rings (SSSR count). The first-order chi connectivity index (χ1) is 10.5. The molecular formula is C14H18N2O6. The summed E-state index contributed by atoms with van der Waals surface area (Å²) >= 11 is 0. The number of hydrogen-bond donors (Lipinski definition) is 3. The number of methoxy groups -OCH3 is 1. The lowest BCUT2D eigenvalue weighted by molar-refractivity contribution is -0.144. The molecule has 0 spiro atoms. The number of nitrogens with one attached hydrogen (secondary N) is 2. The molecule has 0 fully saturated rings. The van der Waals surface area contributed by atoms with E-state index in [0.29, 0.717) is 5.75 Å². The molecule has 1 aromatic rings. The van der Waals surface area contributed by atoms with Crippen molar-refractivity contribution < 1.29 is 29.0 Å². The second-order valence-corrected chi connectivity index (χ2v) is 4.34. The van der Waals surface area contributed by atoms with Crippen LogP contribution in [0, 0.1) is 0 Å². The third kappa shape index (κ3) is 5.41. The lowest BCUT2D eigenvalue weighted by Crippen LogP contribution is -2.53. The van der Waals surface area contributed by atoms with E-state index in [2.05, 4.69) is 15.4 Å². The number of aliphatic hydroxyl groups is 1. The molecule has 120 valence electrons. The van der Waals surface area contributed by atoms with Crippen LogP contribution < -0.4 is 15.4 Å². The molecule has 0 aromatic heterocycles. The molecule has 2 atom stereocenters. The van der Waals surface area contributed by atoms with Gasteiger partial charge < -0.3 is 25.2 Å². The Morgan fingerprint density at radius 1 is 1.18 bits per heavy atom. The third-order valence-electron chi connectivity index (χ3n) is 2.66. The Morgan fingerprint density at radius 3 is 2.36 bits per heavy atom. The monoisotopic (exact) mass is 310 g/mol. The highest BCUT2D eigenvalue weighted by Crippen LogP contribution is 2.08. The summed E-state index contributed by atoms with van der Waals surface area (Å²) in [5, 5.41) is 13.7. The van der Waals surface area contributed by atoms with Crippen LogP contribution in [-0.2, 0) is 14.3 Å². The van der Waals surface area contributed by atoms with Gasteiger partial charge in [0.25, 0.3) is 0 Å². The molecule has 0 saturated heterocycles. The molecule has 0 bridgehead atoms. The van der Waals surface area contributed by atoms with Crippen molar-refractivity contribution >= 4 is 18.0 Å². The van der Waals surface area contributed by atoms with Crippen molar-refractivity contribution in [1.29, 1.82) is 0 Å². The number of benzene rings is 1. The second-order valence-electron chi connectivity index (χ2n) is 4.34. The van der Waals surface area contributed by atoms with E-state index in [4.69, 9.17) is 4.74 Å². The first-order valence-electron chi connectivity index (χ1n) is 6.50. The van der Waals surface area contributed by atoms with E-state index in [1.807, 2.05) is 0 Å². The van der Waals surface area contributed by atoms with Crippen molar-refractivity contribution in [2.45, 2.75) is 19.0 Å². The van der Waals surface area contributed by atoms with Gasteiger partial charge in [0, 0.05) is 0 Å². The largest absolute Gasteiger partial charge is 0.467 e. The molecule has 22 heavy (non-hydrogen) atoms. The van der Waals surface area contributed by atoms with Crippen molar-refractivity contribution in [3.63, 3.8) is 0 Å². The zero-order chi connectivity index (χ0) is 16.5. The van der Waals surface area contributed by atoms with Crippen molar-refractivity contribution in [2.24, 2.45) is 0 Å². The molecule has 8 nitrogen and oxygen atoms in total. The molecule has 0 saturated carbocycles. The number of rotatable bonds is 6. The number of carbonyl (C=O) groups excluding carboxylic acids is 3. The van der Waals surface area contributed by atoms with Crippen LogP contribution in [0.25, 0.3) is 0 Å². The second kappa shape index (κ2) is 8.63. The average Bonchev–Trinajstić information content (AvgIpc) is 2.52. The van der Waals surface area contributed by atoms with Crippen molar-refractivity contribution in [3.8, 4) is 5.75 Å². The number of hydrogen-bond acceptors (Lipinski definition) is 6. The molecule has 0 aliphatic rings. The standard InChI is InChI=1S/C14H18N2O6/c1-9(13(19)21-2)15-12(18)11(8-17)16-14(20)22-10-6-4-3-5-7-10/h3-7,9,11,17H,8H2,1-2H3,(H,15,18)(H,16,20)/t9-,11+/m0/s1. The summed E-state index contributed by atoms with van der Waals surface area (Å²) in [5.74, 6) is -1.08. The van der Waals surface area contributed by atoms with Crippen LogP contribution in [0.4, 0.5) is 4.79 Å². The SMILES string of the molecule is COC(=O)[C@H](C)NC(=O)[C@@H](CO)NC(=O)Oc1ccccc1. The van der Waals surface area contributed by atoms with E-state index in [9.17, 15) is 19.5 Å². The van der Waals surface area contributed by atoms with Gasteiger partial charge in [-0.1, -0.05) is 18.2 Å². The molecule has 0 unspecified atom stereocenters. The quantitative estimate of drug-likeness (QED) is 0.628. The molecule has 0 aliphatic heterocycles. The normalized spacial score (nSPS) is 12.7. The summed E-state index contributed by atoms with van der Waals surface area (Å²) in [6.45, 7) is 0.768. The summed E-state index contributed by atoms with van der Waals surface area (Å²) < 4.78 is 9.40. The molecule has 2 amide bonds. The van der Waals surface area contributed by atoms with E-state index >= 15 is 0 Å². The van der Waals surface area contributed by atoms with Crippen molar-refractivity contribution in [3.05, 3.63) is 30.3 Å². The van der Waals surface area contributed by atoms with Gasteiger partial charge >= 0.3 is 12.1 Å². The minimum Gasteiger partial charge on any atom is -0.467 e. The fourth-order valence-corrected chi connectivity index (χ4v) is 1.51. The number of carbonyl (C=O) groups is 3. The zero-order valence-electron chi connectivity index (χ0n) is 12.2. The summed E-state index contributed by atoms with van der Waals surface area (Å²) in [6.07, 6.45) is -0.897. The van der Waals surface area contributed by atoms with Crippen LogP contribution in [0.2, 0.25) is 0 Å². The van der Waals surface area contributed by atoms with Crippen molar-refractivity contribution in [1.82, 2.24) is 10.6 Å². The Bertz CT molecular complexity index is 519. The minimum absolute atomic E-state index is 0.292. The Labute approximate surface area is 127 Å². The Morgan fingerprint density at radius 2 is 1.82 bits per heavy atom. The lowest BCUT2D eigenvalue weighted by Gasteiger charge is -2.18. The van der Waals surface area contributed by atoms with Crippen LogP contribution in [0.1, 0.15) is 6.92 Å². The van der Waals surface area contributed by atoms with Crippen LogP contribution in [0.5, 0.6) is 5.75 Å². The summed E-state index contributed by atoms with van der Waals surface area (Å²) in [7, 11) is 1.18. The maximum absolute atomic E-state index is 11.8. The van der Waals surface area contributed by atoms with Crippen molar-refractivity contribution in [2.75, 3.05) is 13.7 Å². The highest BCUT2D eigenvalue weighted by atomic mass is 16.6. The van der Waals surface area contributed by atoms with Crippen LogP contribution in [0.15, 0.2) is 30.3 Å². The topological polar surface area (TPSA) is 114 Å². The number of aliphatic hydroxyl groups excluding tert-OH is 1. The van der Waals surface area contributed by atoms with Gasteiger partial charge in [-0.15, -0.1) is 0 Å². The van der Waals surface area contributed by atoms with Crippen LogP contribution >= 0.6 is 0 Å². The van der Waals surface area contributed by atoms with Gasteiger partial charge in [0.1, 0.15) is 17.8 Å². The van der Waals surface area contributed by atoms with E-state index in [1.165, 1.54) is 14.0 Å². The molecule has 1 aromatic carbocycles. The van der Waals surface area contributed by atoms with E-state index < -0.39 is 36.7 Å². The van der Waals surface area contributed by atoms with E-state index in [0.717, 1.165) is 0 Å². The maximum atomic E-state index is 11.8. The number of amides is 2. The average molecular weight is 310 g/mol. The van der Waals surface area contributed by atoms with Gasteiger partial charge in [-0.25, -0.2) is 9.59 Å². The Hall–Kier alpha value is -2.61. The first-order valence-corrected chi connectivity index (χ1v) is 6.50. The smallest absolute Gasteiger partial charge is 0.413 e. The van der Waals surface area contributed by atoms with E-state index in [1.54, 1.807) is 30.3 Å².